The number of hydrogen-bond acceptors (Lipinski definition) is 7. The first kappa shape index (κ1) is 21.2. The van der Waals surface area contributed by atoms with E-state index in [1.165, 1.54) is 0 Å². The van der Waals surface area contributed by atoms with Gasteiger partial charge in [-0.1, -0.05) is 0 Å². The summed E-state index contributed by atoms with van der Waals surface area (Å²) in [5.74, 6) is 1.19. The van der Waals surface area contributed by atoms with E-state index in [1.54, 1.807) is 0 Å². The molecule has 0 aliphatic carbocycles. The van der Waals surface area contributed by atoms with Gasteiger partial charge in [0.1, 0.15) is 0 Å². The second-order valence-electron chi connectivity index (χ2n) is 8.72. The molecule has 1 amide bonds. The van der Waals surface area contributed by atoms with Gasteiger partial charge in [-0.05, 0) is 49.6 Å². The molecule has 1 N–H and O–H groups in total. The van der Waals surface area contributed by atoms with E-state index in [0.29, 0.717) is 11.5 Å². The number of ether oxygens (including phenoxy) is 2. The van der Waals surface area contributed by atoms with Crippen LogP contribution in [-0.2, 0) is 9.47 Å². The Morgan fingerprint density at radius 2 is 1.66 bits per heavy atom. The van der Waals surface area contributed by atoms with Crippen LogP contribution in [0, 0.1) is 0 Å². The first-order valence-electron chi connectivity index (χ1n) is 11.7. The largest absolute Gasteiger partial charge is 0.381 e. The zero-order chi connectivity index (χ0) is 21.8. The minimum atomic E-state index is -0.0257. The highest BCUT2D eigenvalue weighted by atomic mass is 16.5. The molecule has 1 aromatic carbocycles. The predicted molar refractivity (Wildman–Crippen MR) is 122 cm³/mol. The second kappa shape index (κ2) is 9.83. The zero-order valence-electron chi connectivity index (χ0n) is 18.4. The summed E-state index contributed by atoms with van der Waals surface area (Å²) >= 11 is 0. The molecule has 8 heteroatoms. The molecule has 2 aromatic rings. The predicted octanol–water partition coefficient (Wildman–Crippen LogP) is 2.22. The van der Waals surface area contributed by atoms with Gasteiger partial charge in [0.15, 0.2) is 0 Å². The van der Waals surface area contributed by atoms with Crippen LogP contribution in [0.5, 0.6) is 0 Å². The number of amides is 1. The van der Waals surface area contributed by atoms with Crippen LogP contribution in [-0.4, -0.2) is 74.5 Å². The number of nitrogens with zero attached hydrogens (tertiary/aromatic N) is 4. The third-order valence-corrected chi connectivity index (χ3v) is 6.62. The van der Waals surface area contributed by atoms with E-state index in [1.807, 2.05) is 36.5 Å². The van der Waals surface area contributed by atoms with Gasteiger partial charge in [-0.15, -0.1) is 0 Å². The summed E-state index contributed by atoms with van der Waals surface area (Å²) in [6.07, 6.45) is 4.77. The number of carbonyl (C=O) groups is 1. The molecule has 1 unspecified atom stereocenters. The minimum Gasteiger partial charge on any atom is -0.381 e. The Morgan fingerprint density at radius 3 is 2.44 bits per heavy atom. The minimum absolute atomic E-state index is 0.0257. The first-order valence-corrected chi connectivity index (χ1v) is 11.7. The molecule has 0 saturated carbocycles. The average molecular weight is 438 g/mol. The van der Waals surface area contributed by atoms with E-state index < -0.39 is 0 Å². The Labute approximate surface area is 188 Å². The molecule has 1 aromatic heterocycles. The molecule has 0 spiro atoms. The van der Waals surface area contributed by atoms with Gasteiger partial charge < -0.3 is 24.6 Å². The summed E-state index contributed by atoms with van der Waals surface area (Å²) in [7, 11) is 0. The van der Waals surface area contributed by atoms with Crippen LogP contribution in [0.1, 0.15) is 41.2 Å². The molecule has 4 heterocycles. The molecule has 0 bridgehead atoms. The Balaban J connectivity index is 1.17. The van der Waals surface area contributed by atoms with Crippen molar-refractivity contribution in [1.82, 2.24) is 15.3 Å². The zero-order valence-corrected chi connectivity index (χ0v) is 18.4. The number of carbonyl (C=O) groups excluding carboxylic acids is 1. The summed E-state index contributed by atoms with van der Waals surface area (Å²) in [5, 5.41) is 3.19. The van der Waals surface area contributed by atoms with Crippen LogP contribution in [0.3, 0.4) is 0 Å². The molecule has 0 radical (unpaired) electrons. The molecule has 32 heavy (non-hydrogen) atoms. The molecular formula is C24H31N5O3. The third-order valence-electron chi connectivity index (χ3n) is 6.62. The SMILES string of the molecule is O=C(NC1CCN(c2nccc(C3CCOCC3)n2)C1)c1ccc(N2CCOCC2)cc1. The van der Waals surface area contributed by atoms with Gasteiger partial charge in [-0.3, -0.25) is 4.79 Å². The Bertz CT molecular complexity index is 910. The lowest BCUT2D eigenvalue weighted by molar-refractivity contribution is 0.0845. The van der Waals surface area contributed by atoms with Gasteiger partial charge in [0.25, 0.3) is 5.91 Å². The van der Waals surface area contributed by atoms with Crippen molar-refractivity contribution in [2.24, 2.45) is 0 Å². The summed E-state index contributed by atoms with van der Waals surface area (Å²) in [5.41, 5.74) is 2.93. The first-order chi connectivity index (χ1) is 15.8. The molecule has 1 atom stereocenters. The van der Waals surface area contributed by atoms with Crippen LogP contribution in [0.25, 0.3) is 0 Å². The Kier molecular flexibility index (Phi) is 6.50. The fraction of sp³-hybridized carbons (Fsp3) is 0.542. The smallest absolute Gasteiger partial charge is 0.251 e. The van der Waals surface area contributed by atoms with E-state index in [0.717, 1.165) is 89.2 Å². The average Bonchev–Trinajstić information content (AvgIpc) is 3.34. The van der Waals surface area contributed by atoms with E-state index in [9.17, 15) is 4.79 Å². The van der Waals surface area contributed by atoms with Gasteiger partial charge in [0.05, 0.1) is 13.2 Å². The number of benzene rings is 1. The number of anilines is 2. The third kappa shape index (κ3) is 4.86. The summed E-state index contributed by atoms with van der Waals surface area (Å²) in [4.78, 5) is 26.6. The molecule has 5 rings (SSSR count). The number of rotatable bonds is 5. The highest BCUT2D eigenvalue weighted by Crippen LogP contribution is 2.27. The van der Waals surface area contributed by atoms with Crippen molar-refractivity contribution in [2.75, 3.05) is 62.4 Å². The quantitative estimate of drug-likeness (QED) is 0.768. The van der Waals surface area contributed by atoms with Crippen LogP contribution >= 0.6 is 0 Å². The maximum absolute atomic E-state index is 12.8. The molecular weight excluding hydrogens is 406 g/mol. The van der Waals surface area contributed by atoms with E-state index in [2.05, 4.69) is 20.1 Å². The molecule has 8 nitrogen and oxygen atoms in total. The standard InChI is InChI=1S/C24H31N5O3/c30-23(19-1-3-21(4-2-19)28-11-15-32-16-12-28)26-20-6-10-29(17-20)24-25-9-5-22(27-24)18-7-13-31-14-8-18/h1-5,9,18,20H,6-8,10-17H2,(H,26,30). The van der Waals surface area contributed by atoms with E-state index in [4.69, 9.17) is 14.5 Å². The van der Waals surface area contributed by atoms with Crippen molar-refractivity contribution in [3.05, 3.63) is 47.8 Å². The fourth-order valence-electron chi connectivity index (χ4n) is 4.71. The van der Waals surface area contributed by atoms with Crippen molar-refractivity contribution in [2.45, 2.75) is 31.2 Å². The lowest BCUT2D eigenvalue weighted by Gasteiger charge is -2.28. The van der Waals surface area contributed by atoms with Gasteiger partial charge in [-0.2, -0.15) is 0 Å². The summed E-state index contributed by atoms with van der Waals surface area (Å²) in [6.45, 7) is 6.46. The van der Waals surface area contributed by atoms with Crippen LogP contribution in [0.4, 0.5) is 11.6 Å². The molecule has 3 fully saturated rings. The Hall–Kier alpha value is -2.71. The fourth-order valence-corrected chi connectivity index (χ4v) is 4.71. The van der Waals surface area contributed by atoms with Gasteiger partial charge in [0.2, 0.25) is 5.95 Å². The van der Waals surface area contributed by atoms with Crippen molar-refractivity contribution in [3.63, 3.8) is 0 Å². The monoisotopic (exact) mass is 437 g/mol. The number of aromatic nitrogens is 2. The topological polar surface area (TPSA) is 79.8 Å². The van der Waals surface area contributed by atoms with Gasteiger partial charge in [-0.25, -0.2) is 9.97 Å². The number of nitrogens with one attached hydrogen (secondary N) is 1. The van der Waals surface area contributed by atoms with Crippen molar-refractivity contribution < 1.29 is 14.3 Å². The van der Waals surface area contributed by atoms with Crippen molar-refractivity contribution in [3.8, 4) is 0 Å². The summed E-state index contributed by atoms with van der Waals surface area (Å²) < 4.78 is 10.9. The maximum Gasteiger partial charge on any atom is 0.251 e. The molecule has 3 aliphatic rings. The maximum atomic E-state index is 12.8. The van der Waals surface area contributed by atoms with E-state index >= 15 is 0 Å². The van der Waals surface area contributed by atoms with Gasteiger partial charge >= 0.3 is 0 Å². The van der Waals surface area contributed by atoms with Crippen LogP contribution < -0.4 is 15.1 Å². The highest BCUT2D eigenvalue weighted by Gasteiger charge is 2.27. The van der Waals surface area contributed by atoms with Crippen LogP contribution in [0.2, 0.25) is 0 Å². The molecule has 170 valence electrons. The molecule has 3 saturated heterocycles. The second-order valence-corrected chi connectivity index (χ2v) is 8.72. The van der Waals surface area contributed by atoms with Crippen LogP contribution in [0.15, 0.2) is 36.5 Å². The lowest BCUT2D eigenvalue weighted by atomic mass is 9.96. The normalized spacial score (nSPS) is 22.2. The van der Waals surface area contributed by atoms with Gasteiger partial charge in [0, 0.05) is 74.5 Å². The molecule has 3 aliphatic heterocycles. The Morgan fingerprint density at radius 1 is 0.906 bits per heavy atom. The highest BCUT2D eigenvalue weighted by molar-refractivity contribution is 5.94. The van der Waals surface area contributed by atoms with Crippen molar-refractivity contribution >= 4 is 17.5 Å². The lowest BCUT2D eigenvalue weighted by Crippen LogP contribution is -2.37. The number of morpholine rings is 1. The van der Waals surface area contributed by atoms with E-state index in [-0.39, 0.29) is 11.9 Å². The summed E-state index contributed by atoms with van der Waals surface area (Å²) in [6, 6.07) is 9.99. The number of hydrogen-bond donors (Lipinski definition) is 1. The van der Waals surface area contributed by atoms with Crippen molar-refractivity contribution in [1.29, 1.82) is 0 Å².